The fraction of sp³-hybridized carbons (Fsp3) is 0.250. The van der Waals surface area contributed by atoms with Crippen LogP contribution in [0.15, 0.2) is 52.9 Å². The van der Waals surface area contributed by atoms with Gasteiger partial charge in [-0.25, -0.2) is 0 Å². The Morgan fingerprint density at radius 3 is 2.50 bits per heavy atom. The van der Waals surface area contributed by atoms with Crippen molar-refractivity contribution in [2.75, 3.05) is 11.1 Å². The number of hydrogen-bond donors (Lipinski definition) is 1. The molecular weight excluding hydrogens is 362 g/mol. The predicted molar refractivity (Wildman–Crippen MR) is 110 cm³/mol. The molecule has 0 amide bonds. The third-order valence-electron chi connectivity index (χ3n) is 3.85. The first-order valence-corrected chi connectivity index (χ1v) is 10.4. The molecule has 0 radical (unpaired) electrons. The van der Waals surface area contributed by atoms with E-state index in [2.05, 4.69) is 29.4 Å². The molecule has 0 bridgehead atoms. The largest absolute Gasteiger partial charge is 0.330 e. The minimum absolute atomic E-state index is 0.112. The molecule has 3 aromatic rings. The molecule has 0 aliphatic carbocycles. The molecule has 4 nitrogen and oxygen atoms in total. The van der Waals surface area contributed by atoms with Crippen molar-refractivity contribution in [2.24, 2.45) is 0 Å². The van der Waals surface area contributed by atoms with Crippen LogP contribution in [0.3, 0.4) is 0 Å². The third kappa shape index (κ3) is 5.16. The molecule has 0 aliphatic rings. The molecule has 6 heteroatoms. The third-order valence-corrected chi connectivity index (χ3v) is 5.82. The maximum atomic E-state index is 12.3. The molecule has 0 atom stereocenters. The second-order valence-electron chi connectivity index (χ2n) is 6.02. The maximum absolute atomic E-state index is 12.3. The fourth-order valence-electron chi connectivity index (χ4n) is 2.44. The summed E-state index contributed by atoms with van der Waals surface area (Å²) in [6.45, 7) is 4.21. The zero-order valence-corrected chi connectivity index (χ0v) is 16.5. The van der Waals surface area contributed by atoms with Gasteiger partial charge in [0.15, 0.2) is 10.1 Å². The van der Waals surface area contributed by atoms with Crippen molar-refractivity contribution >= 4 is 39.7 Å². The van der Waals surface area contributed by atoms with Gasteiger partial charge in [-0.1, -0.05) is 78.4 Å². The summed E-state index contributed by atoms with van der Waals surface area (Å²) in [6, 6.07) is 16.0. The lowest BCUT2D eigenvalue weighted by molar-refractivity contribution is 0.102. The Labute approximate surface area is 162 Å². The monoisotopic (exact) mass is 383 g/mol. The lowest BCUT2D eigenvalue weighted by Gasteiger charge is -2.02. The first-order valence-electron chi connectivity index (χ1n) is 8.56. The lowest BCUT2D eigenvalue weighted by atomic mass is 10.1. The molecule has 2 aromatic carbocycles. The van der Waals surface area contributed by atoms with Gasteiger partial charge in [0.05, 0.1) is 5.75 Å². The number of hydrogen-bond acceptors (Lipinski definition) is 6. The number of carbonyl (C=O) groups is 1. The van der Waals surface area contributed by atoms with E-state index >= 15 is 0 Å². The van der Waals surface area contributed by atoms with Crippen molar-refractivity contribution in [3.05, 3.63) is 65.2 Å². The Morgan fingerprint density at radius 1 is 1.08 bits per heavy atom. The van der Waals surface area contributed by atoms with E-state index in [9.17, 15) is 4.79 Å². The van der Waals surface area contributed by atoms with Crippen LogP contribution in [-0.2, 0) is 6.42 Å². The van der Waals surface area contributed by atoms with Gasteiger partial charge in [0, 0.05) is 11.3 Å². The molecule has 26 heavy (non-hydrogen) atoms. The quantitative estimate of drug-likeness (QED) is 0.410. The molecular formula is C20H21N3OS2. The van der Waals surface area contributed by atoms with Crippen LogP contribution in [0.4, 0.5) is 10.8 Å². The van der Waals surface area contributed by atoms with Gasteiger partial charge in [0.25, 0.3) is 0 Å². The van der Waals surface area contributed by atoms with Gasteiger partial charge in [-0.15, -0.1) is 10.2 Å². The molecule has 0 unspecified atom stereocenters. The summed E-state index contributed by atoms with van der Waals surface area (Å²) < 4.78 is 0.788. The van der Waals surface area contributed by atoms with Crippen LogP contribution in [-0.4, -0.2) is 21.7 Å². The smallest absolute Gasteiger partial charge is 0.210 e. The van der Waals surface area contributed by atoms with Crippen LogP contribution in [0.2, 0.25) is 0 Å². The van der Waals surface area contributed by atoms with Crippen molar-refractivity contribution in [2.45, 2.75) is 31.0 Å². The van der Waals surface area contributed by atoms with E-state index in [-0.39, 0.29) is 5.78 Å². The number of ketones is 1. The molecule has 3 rings (SSSR count). The highest BCUT2D eigenvalue weighted by Crippen LogP contribution is 2.28. The van der Waals surface area contributed by atoms with Crippen LogP contribution < -0.4 is 5.32 Å². The second-order valence-corrected chi connectivity index (χ2v) is 8.22. The van der Waals surface area contributed by atoms with Gasteiger partial charge in [-0.05, 0) is 31.0 Å². The fourth-order valence-corrected chi connectivity index (χ4v) is 4.10. The first kappa shape index (κ1) is 18.6. The van der Waals surface area contributed by atoms with Crippen LogP contribution in [0.25, 0.3) is 0 Å². The van der Waals surface area contributed by atoms with Crippen LogP contribution in [0.1, 0.15) is 34.8 Å². The highest BCUT2D eigenvalue weighted by Gasteiger charge is 2.10. The molecule has 0 saturated carbocycles. The van der Waals surface area contributed by atoms with E-state index in [0.717, 1.165) is 33.6 Å². The van der Waals surface area contributed by atoms with E-state index in [0.29, 0.717) is 5.75 Å². The summed E-state index contributed by atoms with van der Waals surface area (Å²) in [7, 11) is 0. The summed E-state index contributed by atoms with van der Waals surface area (Å²) in [5, 5.41) is 12.3. The molecule has 0 spiro atoms. The molecule has 1 heterocycles. The zero-order valence-electron chi connectivity index (χ0n) is 14.9. The number of rotatable bonds is 8. The van der Waals surface area contributed by atoms with Crippen LogP contribution in [0.5, 0.6) is 0 Å². The number of aryl methyl sites for hydroxylation is 2. The summed E-state index contributed by atoms with van der Waals surface area (Å²) >= 11 is 2.88. The van der Waals surface area contributed by atoms with Gasteiger partial charge in [0.2, 0.25) is 5.13 Å². The number of anilines is 2. The average Bonchev–Trinajstić information content (AvgIpc) is 3.10. The van der Waals surface area contributed by atoms with Crippen molar-refractivity contribution in [3.8, 4) is 0 Å². The molecule has 0 saturated heterocycles. The predicted octanol–water partition coefficient (Wildman–Crippen LogP) is 5.52. The zero-order chi connectivity index (χ0) is 18.4. The number of aromatic nitrogens is 2. The van der Waals surface area contributed by atoms with Crippen molar-refractivity contribution in [3.63, 3.8) is 0 Å². The van der Waals surface area contributed by atoms with Gasteiger partial charge in [-0.3, -0.25) is 4.79 Å². The SMILES string of the molecule is CCCc1ccc(C(=O)CSc2nnc(Nc3ccc(C)cc3)s2)cc1. The number of benzene rings is 2. The molecule has 1 aromatic heterocycles. The van der Waals surface area contributed by atoms with Gasteiger partial charge >= 0.3 is 0 Å². The number of nitrogens with one attached hydrogen (secondary N) is 1. The molecule has 134 valence electrons. The Kier molecular flexibility index (Phi) is 6.41. The van der Waals surface area contributed by atoms with Gasteiger partial charge in [0.1, 0.15) is 0 Å². The summed E-state index contributed by atoms with van der Waals surface area (Å²) in [4.78, 5) is 12.3. The van der Waals surface area contributed by atoms with E-state index < -0.39 is 0 Å². The number of carbonyl (C=O) groups excluding carboxylic acids is 1. The summed E-state index contributed by atoms with van der Waals surface area (Å²) in [5.41, 5.74) is 4.21. The number of Topliss-reactive ketones (excluding diaryl/α,β-unsaturated/α-hetero) is 1. The normalized spacial score (nSPS) is 10.7. The minimum atomic E-state index is 0.112. The first-order chi connectivity index (χ1) is 12.6. The number of thioether (sulfide) groups is 1. The van der Waals surface area contributed by atoms with Crippen molar-refractivity contribution in [1.29, 1.82) is 0 Å². The topological polar surface area (TPSA) is 54.9 Å². The van der Waals surface area contributed by atoms with Crippen molar-refractivity contribution < 1.29 is 4.79 Å². The molecule has 0 aliphatic heterocycles. The van der Waals surface area contributed by atoms with E-state index in [1.807, 2.05) is 48.5 Å². The van der Waals surface area contributed by atoms with E-state index in [1.54, 1.807) is 0 Å². The Hall–Kier alpha value is -2.18. The summed E-state index contributed by atoms with van der Waals surface area (Å²) in [5.74, 6) is 0.480. The summed E-state index contributed by atoms with van der Waals surface area (Å²) in [6.07, 6.45) is 2.16. The minimum Gasteiger partial charge on any atom is -0.330 e. The Balaban J connectivity index is 1.54. The van der Waals surface area contributed by atoms with Gasteiger partial charge < -0.3 is 5.32 Å². The van der Waals surface area contributed by atoms with E-state index in [1.165, 1.54) is 34.2 Å². The number of nitrogens with zero attached hydrogens (tertiary/aromatic N) is 2. The maximum Gasteiger partial charge on any atom is 0.210 e. The van der Waals surface area contributed by atoms with E-state index in [4.69, 9.17) is 0 Å². The second kappa shape index (κ2) is 8.96. The Bertz CT molecular complexity index is 858. The van der Waals surface area contributed by atoms with Crippen LogP contribution >= 0.6 is 23.1 Å². The standard InChI is InChI=1S/C20H21N3OS2/c1-3-4-15-7-9-16(10-8-15)18(24)13-25-20-23-22-19(26-20)21-17-11-5-14(2)6-12-17/h5-12H,3-4,13H2,1-2H3,(H,21,22). The molecule has 0 fully saturated rings. The highest BCUT2D eigenvalue weighted by molar-refractivity contribution is 8.01. The molecule has 1 N–H and O–H groups in total. The van der Waals surface area contributed by atoms with Crippen LogP contribution in [0, 0.1) is 6.92 Å². The average molecular weight is 384 g/mol. The van der Waals surface area contributed by atoms with Crippen molar-refractivity contribution in [1.82, 2.24) is 10.2 Å². The highest BCUT2D eigenvalue weighted by atomic mass is 32.2. The van der Waals surface area contributed by atoms with Gasteiger partial charge in [-0.2, -0.15) is 0 Å². The lowest BCUT2D eigenvalue weighted by Crippen LogP contribution is -2.02. The Morgan fingerprint density at radius 2 is 1.81 bits per heavy atom.